The molecule has 13 heteroatoms. The van der Waals surface area contributed by atoms with Crippen LogP contribution in [-0.2, 0) is 19.1 Å². The molecule has 7 atom stereocenters. The molecule has 0 aromatic heterocycles. The van der Waals surface area contributed by atoms with Crippen molar-refractivity contribution in [3.8, 4) is 0 Å². The van der Waals surface area contributed by atoms with E-state index < -0.39 is 79.6 Å². The van der Waals surface area contributed by atoms with Gasteiger partial charge in [-0.1, -0.05) is 0 Å². The molecular weight excluding hydrogens is 362 g/mol. The highest BCUT2D eigenvalue weighted by atomic mass is 16.7. The average Bonchev–Trinajstić information content (AvgIpc) is 2.61. The van der Waals surface area contributed by atoms with Crippen LogP contribution in [-0.4, -0.2) is 115 Å². The first-order valence-corrected chi connectivity index (χ1v) is 7.37. The van der Waals surface area contributed by atoms with Gasteiger partial charge in [0.05, 0.1) is 18.8 Å². The van der Waals surface area contributed by atoms with Crippen LogP contribution < -0.4 is 5.32 Å². The fourth-order valence-corrected chi connectivity index (χ4v) is 2.69. The zero-order chi connectivity index (χ0) is 20.2. The van der Waals surface area contributed by atoms with Crippen molar-refractivity contribution in [2.24, 2.45) is 5.92 Å². The zero-order valence-electron chi connectivity index (χ0n) is 13.3. The number of carboxylic acids is 1. The third-order valence-corrected chi connectivity index (χ3v) is 4.00. The third-order valence-electron chi connectivity index (χ3n) is 4.00. The molecule has 0 aliphatic carbocycles. The number of carbonyl (C=O) groups excluding carboxylic acids is 2. The largest absolute Gasteiger partial charge is 0.477 e. The lowest BCUT2D eigenvalue weighted by Gasteiger charge is -2.48. The van der Waals surface area contributed by atoms with Gasteiger partial charge in [-0.3, -0.25) is 9.59 Å². The molecule has 0 radical (unpaired) electrons. The lowest BCUT2D eigenvalue weighted by Crippen LogP contribution is -2.73. The molecule has 1 saturated heterocycles. The molecule has 0 spiro atoms. The smallest absolute Gasteiger partial charge is 0.365 e. The van der Waals surface area contributed by atoms with E-state index in [1.165, 1.54) is 0 Å². The van der Waals surface area contributed by atoms with E-state index >= 15 is 0 Å². The van der Waals surface area contributed by atoms with E-state index in [-0.39, 0.29) is 0 Å². The van der Waals surface area contributed by atoms with Gasteiger partial charge in [-0.05, 0) is 0 Å². The molecule has 150 valence electrons. The monoisotopic (exact) mass is 383 g/mol. The summed E-state index contributed by atoms with van der Waals surface area (Å²) in [5.41, 5.74) is 0. The summed E-state index contributed by atoms with van der Waals surface area (Å²) >= 11 is 0. The van der Waals surface area contributed by atoms with Crippen LogP contribution in [0.4, 0.5) is 0 Å². The molecule has 9 N–H and O–H groups in total. The summed E-state index contributed by atoms with van der Waals surface area (Å²) in [4.78, 5) is 34.7. The number of rotatable bonds is 8. The zero-order valence-corrected chi connectivity index (χ0v) is 13.3. The maximum Gasteiger partial charge on any atom is 0.365 e. The number of ether oxygens (including phenoxy) is 1. The Bertz CT molecular complexity index is 541. The fraction of sp³-hybridized carbons (Fsp3) is 0.769. The fourth-order valence-electron chi connectivity index (χ4n) is 2.69. The first-order chi connectivity index (χ1) is 12.0. The molecule has 1 aliphatic rings. The van der Waals surface area contributed by atoms with Crippen LogP contribution in [0.2, 0.25) is 0 Å². The van der Waals surface area contributed by atoms with E-state index in [0.29, 0.717) is 0 Å². The van der Waals surface area contributed by atoms with Crippen molar-refractivity contribution in [3.63, 3.8) is 0 Å². The minimum atomic E-state index is -3.42. The average molecular weight is 383 g/mol. The second kappa shape index (κ2) is 8.79. The van der Waals surface area contributed by atoms with E-state index in [2.05, 4.69) is 0 Å². The molecule has 26 heavy (non-hydrogen) atoms. The Morgan fingerprint density at radius 2 is 1.69 bits per heavy atom. The molecular formula is C13H21NO12. The first kappa shape index (κ1) is 22.3. The summed E-state index contributed by atoms with van der Waals surface area (Å²) < 4.78 is 4.83. The van der Waals surface area contributed by atoms with Crippen molar-refractivity contribution in [1.82, 2.24) is 5.32 Å². The number of aliphatic hydroxyl groups is 7. The molecule has 1 amide bonds. The highest BCUT2D eigenvalue weighted by molar-refractivity contribution is 5.91. The van der Waals surface area contributed by atoms with Crippen molar-refractivity contribution < 1.29 is 60.0 Å². The second-order valence-corrected chi connectivity index (χ2v) is 5.67. The van der Waals surface area contributed by atoms with Gasteiger partial charge in [-0.2, -0.15) is 0 Å². The highest BCUT2D eigenvalue weighted by Gasteiger charge is 2.62. The number of nitrogens with one attached hydrogen (secondary N) is 1. The predicted octanol–water partition coefficient (Wildman–Crippen LogP) is -6.11. The van der Waals surface area contributed by atoms with Gasteiger partial charge in [0, 0.05) is 0 Å². The SMILES string of the molecule is O=C(CO)N[C@H]1[C@H]([C@H](O)[C@H](O)CO)OC(O)(C(=O)O)C(C(=O)CO)[C@@H]1O. The Balaban J connectivity index is 3.40. The van der Waals surface area contributed by atoms with E-state index in [9.17, 15) is 39.9 Å². The number of amides is 1. The molecule has 1 heterocycles. The topological polar surface area (TPSA) is 234 Å². The standard InChI is InChI=1S/C13H21NO12/c15-1-4(18)7-10(22)8(14-6(20)3-17)11(9(21)5(19)2-16)26-13(7,25)12(23)24/h5,7-11,15-17,19,21-22,25H,1-3H2,(H,14,20)(H,23,24)/t5-,7?,8-,9-,10+,11-,13?/m1/s1. The molecule has 0 aromatic rings. The van der Waals surface area contributed by atoms with Crippen molar-refractivity contribution in [3.05, 3.63) is 0 Å². The summed E-state index contributed by atoms with van der Waals surface area (Å²) in [6, 6.07) is -1.79. The van der Waals surface area contributed by atoms with Gasteiger partial charge in [0.25, 0.3) is 5.79 Å². The maximum atomic E-state index is 11.8. The normalized spacial score (nSPS) is 34.0. The summed E-state index contributed by atoms with van der Waals surface area (Å²) in [6.07, 6.45) is -8.25. The molecule has 1 rings (SSSR count). The van der Waals surface area contributed by atoms with Crippen LogP contribution in [0.3, 0.4) is 0 Å². The van der Waals surface area contributed by atoms with Crippen molar-refractivity contribution in [2.75, 3.05) is 19.8 Å². The summed E-state index contributed by atoms with van der Waals surface area (Å²) in [6.45, 7) is -3.40. The number of hydrogen-bond acceptors (Lipinski definition) is 11. The van der Waals surface area contributed by atoms with Crippen molar-refractivity contribution in [1.29, 1.82) is 0 Å². The van der Waals surface area contributed by atoms with E-state index in [4.69, 9.17) is 20.1 Å². The number of carbonyl (C=O) groups is 3. The number of Topliss-reactive ketones (excluding diaryl/α,β-unsaturated/α-hetero) is 1. The first-order valence-electron chi connectivity index (χ1n) is 7.37. The van der Waals surface area contributed by atoms with Gasteiger partial charge in [0.15, 0.2) is 5.78 Å². The Labute approximate surface area is 146 Å². The van der Waals surface area contributed by atoms with Crippen molar-refractivity contribution >= 4 is 17.7 Å². The van der Waals surface area contributed by atoms with Crippen LogP contribution in [0, 0.1) is 5.92 Å². The van der Waals surface area contributed by atoms with Gasteiger partial charge in [0.2, 0.25) is 5.91 Å². The van der Waals surface area contributed by atoms with E-state index in [1.54, 1.807) is 0 Å². The van der Waals surface area contributed by atoms with Gasteiger partial charge < -0.3 is 50.9 Å². The second-order valence-electron chi connectivity index (χ2n) is 5.67. The number of hydrogen-bond donors (Lipinski definition) is 9. The number of aliphatic carboxylic acids is 1. The summed E-state index contributed by atoms with van der Waals surface area (Å²) in [5.74, 6) is -10.3. The lowest BCUT2D eigenvalue weighted by molar-refractivity contribution is -0.314. The molecule has 0 saturated carbocycles. The van der Waals surface area contributed by atoms with Gasteiger partial charge >= 0.3 is 5.97 Å². The Hall–Kier alpha value is -1.71. The molecule has 0 aromatic carbocycles. The van der Waals surface area contributed by atoms with Crippen LogP contribution in [0.15, 0.2) is 0 Å². The minimum absolute atomic E-state index is 1.03. The maximum absolute atomic E-state index is 11.8. The van der Waals surface area contributed by atoms with Crippen LogP contribution >= 0.6 is 0 Å². The Morgan fingerprint density at radius 1 is 1.12 bits per heavy atom. The predicted molar refractivity (Wildman–Crippen MR) is 77.2 cm³/mol. The Morgan fingerprint density at radius 3 is 2.12 bits per heavy atom. The molecule has 0 bridgehead atoms. The number of aliphatic hydroxyl groups excluding tert-OH is 6. The Kier molecular flexibility index (Phi) is 7.55. The third kappa shape index (κ3) is 4.16. The van der Waals surface area contributed by atoms with Crippen LogP contribution in [0.25, 0.3) is 0 Å². The molecule has 13 nitrogen and oxygen atoms in total. The van der Waals surface area contributed by atoms with E-state index in [1.807, 2.05) is 5.32 Å². The van der Waals surface area contributed by atoms with Gasteiger partial charge in [-0.25, -0.2) is 4.79 Å². The number of carboxylic acid groups (broad SMARTS) is 1. The van der Waals surface area contributed by atoms with E-state index in [0.717, 1.165) is 0 Å². The van der Waals surface area contributed by atoms with Crippen molar-refractivity contribution in [2.45, 2.75) is 36.2 Å². The lowest BCUT2D eigenvalue weighted by atomic mass is 9.78. The highest BCUT2D eigenvalue weighted by Crippen LogP contribution is 2.36. The summed E-state index contributed by atoms with van der Waals surface area (Å²) in [7, 11) is 0. The quantitative estimate of drug-likeness (QED) is 0.190. The number of ketones is 1. The van der Waals surface area contributed by atoms with Gasteiger partial charge in [-0.15, -0.1) is 0 Å². The minimum Gasteiger partial charge on any atom is -0.477 e. The van der Waals surface area contributed by atoms with Gasteiger partial charge in [0.1, 0.15) is 37.4 Å². The molecule has 1 fully saturated rings. The summed E-state index contributed by atoms with van der Waals surface area (Å²) in [5, 5.41) is 78.0. The van der Waals surface area contributed by atoms with Crippen LogP contribution in [0.5, 0.6) is 0 Å². The molecule has 1 aliphatic heterocycles. The molecule has 2 unspecified atom stereocenters. The van der Waals surface area contributed by atoms with Crippen LogP contribution in [0.1, 0.15) is 0 Å².